The van der Waals surface area contributed by atoms with Crippen molar-refractivity contribution in [2.45, 2.75) is 50.7 Å². The summed E-state index contributed by atoms with van der Waals surface area (Å²) < 4.78 is 5.11. The van der Waals surface area contributed by atoms with Gasteiger partial charge in [-0.1, -0.05) is 48.5 Å². The summed E-state index contributed by atoms with van der Waals surface area (Å²) in [6.45, 7) is 1.48. The van der Waals surface area contributed by atoms with Crippen molar-refractivity contribution in [1.82, 2.24) is 5.32 Å². The van der Waals surface area contributed by atoms with Crippen molar-refractivity contribution in [3.63, 3.8) is 0 Å². The van der Waals surface area contributed by atoms with Crippen LogP contribution in [0.2, 0.25) is 10.0 Å². The quantitative estimate of drug-likeness (QED) is 0.596. The Bertz CT molecular complexity index is 750. The highest BCUT2D eigenvalue weighted by atomic mass is 35.5. The summed E-state index contributed by atoms with van der Waals surface area (Å²) in [7, 11) is 0. The van der Waals surface area contributed by atoms with Gasteiger partial charge in [-0.3, -0.25) is 4.79 Å². The Labute approximate surface area is 162 Å². The van der Waals surface area contributed by atoms with Crippen LogP contribution in [-0.4, -0.2) is 23.5 Å². The third-order valence-electron chi connectivity index (χ3n) is 4.30. The summed E-state index contributed by atoms with van der Waals surface area (Å²) in [5.74, 6) is -1.13. The van der Waals surface area contributed by atoms with E-state index >= 15 is 0 Å². The van der Waals surface area contributed by atoms with Gasteiger partial charge in [0.2, 0.25) is 0 Å². The maximum absolute atomic E-state index is 12.3. The predicted octanol–water partition coefficient (Wildman–Crippen LogP) is 4.28. The molecule has 0 aromatic heterocycles. The Morgan fingerprint density at radius 1 is 1.27 bits per heavy atom. The number of rotatable bonds is 5. The Balaban J connectivity index is 1.91. The van der Waals surface area contributed by atoms with E-state index in [1.807, 2.05) is 0 Å². The van der Waals surface area contributed by atoms with E-state index in [4.69, 9.17) is 27.9 Å². The smallest absolute Gasteiger partial charge is 0.331 e. The van der Waals surface area contributed by atoms with Gasteiger partial charge in [0.05, 0.1) is 16.1 Å². The molecule has 0 radical (unpaired) electrons. The summed E-state index contributed by atoms with van der Waals surface area (Å²) in [5.41, 5.74) is -0.176. The van der Waals surface area contributed by atoms with Gasteiger partial charge in [0.1, 0.15) is 5.54 Å². The zero-order valence-corrected chi connectivity index (χ0v) is 15.9. The highest BCUT2D eigenvalue weighted by Gasteiger charge is 2.35. The second-order valence-electron chi connectivity index (χ2n) is 6.33. The molecule has 26 heavy (non-hydrogen) atoms. The molecular formula is C19H20Cl2N2O3. The fourth-order valence-corrected chi connectivity index (χ4v) is 3.11. The Morgan fingerprint density at radius 2 is 1.96 bits per heavy atom. The van der Waals surface area contributed by atoms with E-state index in [9.17, 15) is 14.9 Å². The summed E-state index contributed by atoms with van der Waals surface area (Å²) in [6.07, 6.45) is 5.83. The van der Waals surface area contributed by atoms with E-state index in [2.05, 4.69) is 11.4 Å². The van der Waals surface area contributed by atoms with Gasteiger partial charge in [-0.15, -0.1) is 0 Å². The molecule has 1 atom stereocenters. The number of hydrogen-bond acceptors (Lipinski definition) is 4. The van der Waals surface area contributed by atoms with Crippen molar-refractivity contribution < 1.29 is 14.3 Å². The number of benzene rings is 1. The monoisotopic (exact) mass is 394 g/mol. The normalized spacial score (nSPS) is 17.3. The lowest BCUT2D eigenvalue weighted by Crippen LogP contribution is -2.52. The number of ether oxygens (including phenoxy) is 1. The van der Waals surface area contributed by atoms with E-state index < -0.39 is 23.5 Å². The van der Waals surface area contributed by atoms with Crippen molar-refractivity contribution >= 4 is 41.2 Å². The van der Waals surface area contributed by atoms with Crippen molar-refractivity contribution in [2.75, 3.05) is 0 Å². The van der Waals surface area contributed by atoms with Crippen LogP contribution >= 0.6 is 23.2 Å². The van der Waals surface area contributed by atoms with E-state index in [-0.39, 0.29) is 0 Å². The van der Waals surface area contributed by atoms with Crippen molar-refractivity contribution in [3.8, 4) is 6.07 Å². The third-order valence-corrected chi connectivity index (χ3v) is 5.04. The molecule has 0 aliphatic heterocycles. The topological polar surface area (TPSA) is 79.2 Å². The summed E-state index contributed by atoms with van der Waals surface area (Å²) in [6, 6.07) is 7.14. The van der Waals surface area contributed by atoms with Crippen LogP contribution in [0.1, 0.15) is 44.6 Å². The molecule has 1 N–H and O–H groups in total. The van der Waals surface area contributed by atoms with Crippen molar-refractivity contribution in [3.05, 3.63) is 39.9 Å². The zero-order chi connectivity index (χ0) is 19.2. The molecule has 138 valence electrons. The second kappa shape index (κ2) is 9.07. The molecule has 0 saturated heterocycles. The van der Waals surface area contributed by atoms with E-state index in [1.54, 1.807) is 18.2 Å². The van der Waals surface area contributed by atoms with Crippen LogP contribution in [-0.2, 0) is 14.3 Å². The number of amides is 1. The van der Waals surface area contributed by atoms with Crippen LogP contribution in [0.5, 0.6) is 0 Å². The average molecular weight is 395 g/mol. The van der Waals surface area contributed by atoms with Gasteiger partial charge in [-0.25, -0.2) is 4.79 Å². The Hall–Kier alpha value is -2.03. The lowest BCUT2D eigenvalue weighted by atomic mass is 9.83. The van der Waals surface area contributed by atoms with Crippen LogP contribution < -0.4 is 5.32 Å². The molecule has 0 bridgehead atoms. The fraction of sp³-hybridized carbons (Fsp3) is 0.421. The van der Waals surface area contributed by atoms with E-state index in [0.29, 0.717) is 28.5 Å². The summed E-state index contributed by atoms with van der Waals surface area (Å²) >= 11 is 11.7. The van der Waals surface area contributed by atoms with Gasteiger partial charge >= 0.3 is 5.97 Å². The summed E-state index contributed by atoms with van der Waals surface area (Å²) in [5, 5.41) is 12.9. The zero-order valence-electron chi connectivity index (χ0n) is 14.4. The van der Waals surface area contributed by atoms with Crippen LogP contribution in [0.4, 0.5) is 0 Å². The largest absolute Gasteiger partial charge is 0.449 e. The molecule has 1 amide bonds. The molecule has 1 aromatic carbocycles. The maximum atomic E-state index is 12.3. The minimum atomic E-state index is -0.992. The van der Waals surface area contributed by atoms with Crippen LogP contribution in [0.3, 0.4) is 0 Å². The van der Waals surface area contributed by atoms with Gasteiger partial charge in [0.25, 0.3) is 5.91 Å². The van der Waals surface area contributed by atoms with E-state index in [0.717, 1.165) is 19.3 Å². The first kappa shape index (κ1) is 20.3. The first-order valence-electron chi connectivity index (χ1n) is 8.42. The highest BCUT2D eigenvalue weighted by Crippen LogP contribution is 2.27. The lowest BCUT2D eigenvalue weighted by molar-refractivity contribution is -0.150. The molecule has 7 heteroatoms. The van der Waals surface area contributed by atoms with E-state index in [1.165, 1.54) is 19.1 Å². The first-order valence-corrected chi connectivity index (χ1v) is 9.18. The number of hydrogen-bond donors (Lipinski definition) is 1. The van der Waals surface area contributed by atoms with Gasteiger partial charge in [0.15, 0.2) is 6.10 Å². The lowest BCUT2D eigenvalue weighted by Gasteiger charge is -2.32. The number of carbonyl (C=O) groups is 2. The van der Waals surface area contributed by atoms with Gasteiger partial charge in [-0.05, 0) is 43.5 Å². The second-order valence-corrected chi connectivity index (χ2v) is 7.14. The Morgan fingerprint density at radius 3 is 2.58 bits per heavy atom. The number of carbonyl (C=O) groups excluding carboxylic acids is 2. The standard InChI is InChI=1S/C19H20Cl2N2O3/c1-13(18(25)23-19(12-22)9-3-2-4-10-19)26-17(24)8-6-14-5-7-15(20)16(21)11-14/h5-8,11,13H,2-4,9-10H2,1H3,(H,23,25)/b8-6+/t13-/m1/s1. The number of nitrogens with one attached hydrogen (secondary N) is 1. The van der Waals surface area contributed by atoms with Gasteiger partial charge in [0, 0.05) is 6.08 Å². The molecule has 1 aliphatic carbocycles. The third kappa shape index (κ3) is 5.48. The molecule has 5 nitrogen and oxygen atoms in total. The number of nitriles is 1. The molecule has 1 aliphatic rings. The van der Waals surface area contributed by atoms with Crippen LogP contribution in [0.25, 0.3) is 6.08 Å². The molecule has 2 rings (SSSR count). The average Bonchev–Trinajstić information content (AvgIpc) is 2.63. The first-order chi connectivity index (χ1) is 12.3. The van der Waals surface area contributed by atoms with Gasteiger partial charge < -0.3 is 10.1 Å². The SMILES string of the molecule is C[C@@H](OC(=O)/C=C/c1ccc(Cl)c(Cl)c1)C(=O)NC1(C#N)CCCCC1. The summed E-state index contributed by atoms with van der Waals surface area (Å²) in [4.78, 5) is 24.2. The Kier molecular flexibility index (Phi) is 7.07. The number of halogens is 2. The predicted molar refractivity (Wildman–Crippen MR) is 101 cm³/mol. The molecule has 1 saturated carbocycles. The minimum absolute atomic E-state index is 0.379. The number of nitrogens with zero attached hydrogens (tertiary/aromatic N) is 1. The van der Waals surface area contributed by atoms with Crippen LogP contribution in [0, 0.1) is 11.3 Å². The minimum Gasteiger partial charge on any atom is -0.449 e. The molecule has 1 aromatic rings. The highest BCUT2D eigenvalue weighted by molar-refractivity contribution is 6.42. The molecule has 0 unspecified atom stereocenters. The maximum Gasteiger partial charge on any atom is 0.331 e. The molecule has 1 fully saturated rings. The van der Waals surface area contributed by atoms with Crippen molar-refractivity contribution in [1.29, 1.82) is 5.26 Å². The number of esters is 1. The van der Waals surface area contributed by atoms with Crippen LogP contribution in [0.15, 0.2) is 24.3 Å². The molecule has 0 heterocycles. The molecule has 0 spiro atoms. The van der Waals surface area contributed by atoms with Gasteiger partial charge in [-0.2, -0.15) is 5.26 Å². The molecular weight excluding hydrogens is 375 g/mol. The fourth-order valence-electron chi connectivity index (χ4n) is 2.80. The van der Waals surface area contributed by atoms with Crippen molar-refractivity contribution in [2.24, 2.45) is 0 Å².